The number of anilines is 1. The maximum absolute atomic E-state index is 12.4. The van der Waals surface area contributed by atoms with E-state index in [0.717, 1.165) is 17.1 Å². The summed E-state index contributed by atoms with van der Waals surface area (Å²) in [5.41, 5.74) is 1.22. The standard InChI is InChI=1S/C21H23N5O3/c1-15-25-19(21(27)24-14-16-4-3-9-22-13-16)12-20(26-15)23-10-11-29-18-7-5-17(28-2)6-8-18/h3-9,12-13H,10-11,14H2,1-2H3,(H,24,27)(H,23,25,26). The smallest absolute Gasteiger partial charge is 0.270 e. The molecule has 0 unspecified atom stereocenters. The van der Waals surface area contributed by atoms with Gasteiger partial charge in [-0.3, -0.25) is 9.78 Å². The van der Waals surface area contributed by atoms with Gasteiger partial charge in [0.2, 0.25) is 0 Å². The molecule has 0 aliphatic rings. The summed E-state index contributed by atoms with van der Waals surface area (Å²) in [5, 5.41) is 5.99. The third-order valence-electron chi connectivity index (χ3n) is 3.98. The maximum atomic E-state index is 12.4. The minimum atomic E-state index is -0.267. The molecule has 1 amide bonds. The Morgan fingerprint density at radius 3 is 2.62 bits per heavy atom. The molecule has 0 radical (unpaired) electrons. The Balaban J connectivity index is 1.50. The average Bonchev–Trinajstić information content (AvgIpc) is 2.76. The predicted octanol–water partition coefficient (Wildman–Crippen LogP) is 2.61. The van der Waals surface area contributed by atoms with E-state index in [1.807, 2.05) is 36.4 Å². The molecule has 3 aromatic rings. The summed E-state index contributed by atoms with van der Waals surface area (Å²) >= 11 is 0. The second-order valence-electron chi connectivity index (χ2n) is 6.18. The lowest BCUT2D eigenvalue weighted by Gasteiger charge is -2.10. The Morgan fingerprint density at radius 1 is 1.10 bits per heavy atom. The number of nitrogens with one attached hydrogen (secondary N) is 2. The number of hydrogen-bond acceptors (Lipinski definition) is 7. The van der Waals surface area contributed by atoms with Crippen molar-refractivity contribution in [1.82, 2.24) is 20.3 Å². The van der Waals surface area contributed by atoms with Crippen LogP contribution in [0.15, 0.2) is 54.9 Å². The van der Waals surface area contributed by atoms with Crippen molar-refractivity contribution in [2.45, 2.75) is 13.5 Å². The number of pyridine rings is 1. The molecule has 0 bridgehead atoms. The van der Waals surface area contributed by atoms with E-state index in [1.165, 1.54) is 0 Å². The normalized spacial score (nSPS) is 10.3. The van der Waals surface area contributed by atoms with Crippen molar-refractivity contribution in [3.05, 3.63) is 71.9 Å². The van der Waals surface area contributed by atoms with Crippen LogP contribution in [0, 0.1) is 6.92 Å². The number of carbonyl (C=O) groups excluding carboxylic acids is 1. The number of hydrogen-bond donors (Lipinski definition) is 2. The zero-order valence-electron chi connectivity index (χ0n) is 16.4. The van der Waals surface area contributed by atoms with Gasteiger partial charge in [-0.25, -0.2) is 9.97 Å². The molecule has 29 heavy (non-hydrogen) atoms. The Kier molecular flexibility index (Phi) is 6.94. The van der Waals surface area contributed by atoms with Crippen LogP contribution in [-0.4, -0.2) is 41.1 Å². The number of ether oxygens (including phenoxy) is 2. The minimum absolute atomic E-state index is 0.267. The summed E-state index contributed by atoms with van der Waals surface area (Å²) in [6, 6.07) is 12.7. The van der Waals surface area contributed by atoms with Gasteiger partial charge in [0.15, 0.2) is 0 Å². The van der Waals surface area contributed by atoms with Crippen LogP contribution >= 0.6 is 0 Å². The summed E-state index contributed by atoms with van der Waals surface area (Å²) in [7, 11) is 1.62. The lowest BCUT2D eigenvalue weighted by molar-refractivity contribution is 0.0945. The first kappa shape index (κ1) is 20.1. The highest BCUT2D eigenvalue weighted by Crippen LogP contribution is 2.16. The number of rotatable bonds is 9. The Bertz CT molecular complexity index is 933. The number of aryl methyl sites for hydroxylation is 1. The number of benzene rings is 1. The van der Waals surface area contributed by atoms with Crippen molar-refractivity contribution in [2.75, 3.05) is 25.6 Å². The third-order valence-corrected chi connectivity index (χ3v) is 3.98. The number of amides is 1. The number of nitrogens with zero attached hydrogens (tertiary/aromatic N) is 3. The van der Waals surface area contributed by atoms with Gasteiger partial charge in [0, 0.05) is 25.0 Å². The van der Waals surface area contributed by atoms with Gasteiger partial charge in [-0.2, -0.15) is 0 Å². The van der Waals surface area contributed by atoms with E-state index in [2.05, 4.69) is 25.6 Å². The second-order valence-corrected chi connectivity index (χ2v) is 6.18. The van der Waals surface area contributed by atoms with Crippen LogP contribution in [-0.2, 0) is 6.54 Å². The highest BCUT2D eigenvalue weighted by atomic mass is 16.5. The van der Waals surface area contributed by atoms with Crippen LogP contribution in [0.2, 0.25) is 0 Å². The summed E-state index contributed by atoms with van der Waals surface area (Å²) in [4.78, 5) is 25.0. The summed E-state index contributed by atoms with van der Waals surface area (Å²) in [6.07, 6.45) is 3.40. The topological polar surface area (TPSA) is 98.3 Å². The fourth-order valence-corrected chi connectivity index (χ4v) is 2.57. The van der Waals surface area contributed by atoms with Crippen molar-refractivity contribution in [1.29, 1.82) is 0 Å². The molecule has 8 nitrogen and oxygen atoms in total. The van der Waals surface area contributed by atoms with Crippen LogP contribution in [0.4, 0.5) is 5.82 Å². The fourth-order valence-electron chi connectivity index (χ4n) is 2.57. The first-order chi connectivity index (χ1) is 14.1. The summed E-state index contributed by atoms with van der Waals surface area (Å²) in [5.74, 6) is 2.35. The van der Waals surface area contributed by atoms with E-state index in [9.17, 15) is 4.79 Å². The van der Waals surface area contributed by atoms with Crippen LogP contribution in [0.1, 0.15) is 21.9 Å². The lowest BCUT2D eigenvalue weighted by Crippen LogP contribution is -2.24. The van der Waals surface area contributed by atoms with Crippen molar-refractivity contribution in [2.24, 2.45) is 0 Å². The number of aromatic nitrogens is 3. The van der Waals surface area contributed by atoms with Gasteiger partial charge in [0.25, 0.3) is 5.91 Å². The molecule has 2 N–H and O–H groups in total. The Morgan fingerprint density at radius 2 is 1.90 bits per heavy atom. The maximum Gasteiger partial charge on any atom is 0.270 e. The SMILES string of the molecule is COc1ccc(OCCNc2cc(C(=O)NCc3cccnc3)nc(C)n2)cc1. The zero-order chi connectivity index (χ0) is 20.5. The van der Waals surface area contributed by atoms with Gasteiger partial charge in [-0.15, -0.1) is 0 Å². The number of carbonyl (C=O) groups is 1. The molecule has 0 atom stereocenters. The van der Waals surface area contributed by atoms with E-state index < -0.39 is 0 Å². The quantitative estimate of drug-likeness (QED) is 0.539. The van der Waals surface area contributed by atoms with E-state index in [4.69, 9.17) is 9.47 Å². The van der Waals surface area contributed by atoms with Gasteiger partial charge >= 0.3 is 0 Å². The largest absolute Gasteiger partial charge is 0.497 e. The zero-order valence-corrected chi connectivity index (χ0v) is 16.4. The lowest BCUT2D eigenvalue weighted by atomic mass is 10.3. The average molecular weight is 393 g/mol. The minimum Gasteiger partial charge on any atom is -0.497 e. The Hall–Kier alpha value is -3.68. The molecular weight excluding hydrogens is 370 g/mol. The van der Waals surface area contributed by atoms with Crippen LogP contribution in [0.5, 0.6) is 11.5 Å². The van der Waals surface area contributed by atoms with Crippen LogP contribution in [0.25, 0.3) is 0 Å². The first-order valence-corrected chi connectivity index (χ1v) is 9.17. The van der Waals surface area contributed by atoms with E-state index in [0.29, 0.717) is 37.0 Å². The molecule has 0 saturated carbocycles. The molecule has 8 heteroatoms. The van der Waals surface area contributed by atoms with Gasteiger partial charge in [0.05, 0.1) is 13.7 Å². The number of methoxy groups -OCH3 is 1. The monoisotopic (exact) mass is 393 g/mol. The Labute approximate surface area is 169 Å². The molecule has 0 aliphatic heterocycles. The van der Waals surface area contributed by atoms with Crippen molar-refractivity contribution >= 4 is 11.7 Å². The molecular formula is C21H23N5O3. The van der Waals surface area contributed by atoms with Crippen molar-refractivity contribution < 1.29 is 14.3 Å². The summed E-state index contributed by atoms with van der Waals surface area (Å²) in [6.45, 7) is 3.10. The molecule has 1 aromatic carbocycles. The van der Waals surface area contributed by atoms with E-state index in [1.54, 1.807) is 32.5 Å². The summed E-state index contributed by atoms with van der Waals surface area (Å²) < 4.78 is 10.8. The van der Waals surface area contributed by atoms with Crippen LogP contribution in [0.3, 0.4) is 0 Å². The van der Waals surface area contributed by atoms with Gasteiger partial charge in [-0.1, -0.05) is 6.07 Å². The van der Waals surface area contributed by atoms with E-state index in [-0.39, 0.29) is 5.91 Å². The molecule has 2 heterocycles. The molecule has 0 aliphatic carbocycles. The molecule has 2 aromatic heterocycles. The highest BCUT2D eigenvalue weighted by Gasteiger charge is 2.10. The van der Waals surface area contributed by atoms with Gasteiger partial charge < -0.3 is 20.1 Å². The van der Waals surface area contributed by atoms with Gasteiger partial charge in [-0.05, 0) is 42.8 Å². The molecule has 0 spiro atoms. The van der Waals surface area contributed by atoms with E-state index >= 15 is 0 Å². The third kappa shape index (κ3) is 6.17. The predicted molar refractivity (Wildman–Crippen MR) is 109 cm³/mol. The van der Waals surface area contributed by atoms with Crippen LogP contribution < -0.4 is 20.1 Å². The molecule has 3 rings (SSSR count). The molecule has 0 fully saturated rings. The highest BCUT2D eigenvalue weighted by molar-refractivity contribution is 5.92. The fraction of sp³-hybridized carbons (Fsp3) is 0.238. The van der Waals surface area contributed by atoms with Crippen molar-refractivity contribution in [3.63, 3.8) is 0 Å². The van der Waals surface area contributed by atoms with Gasteiger partial charge in [0.1, 0.15) is 35.4 Å². The first-order valence-electron chi connectivity index (χ1n) is 9.17. The molecule has 0 saturated heterocycles. The molecule has 150 valence electrons. The second kappa shape index (κ2) is 10.0. The van der Waals surface area contributed by atoms with Crippen molar-refractivity contribution in [3.8, 4) is 11.5 Å².